The van der Waals surface area contributed by atoms with Crippen LogP contribution in [-0.2, 0) is 4.79 Å². The first kappa shape index (κ1) is 22.3. The molecular weight excluding hydrogens is 394 g/mol. The Morgan fingerprint density at radius 2 is 1.68 bits per heavy atom. The van der Waals surface area contributed by atoms with Crippen molar-refractivity contribution in [1.29, 1.82) is 0 Å². The standard InChI is InChI=1S/C24H29N3O4/c1-16(21-14-13-20(30-2)15-22(21)31-3)26-27-24(29)18-9-11-19(12-10-18)25-23(28)17-7-5-4-6-8-17/h9-15,17H,4-8H2,1-3H3,(H,25,28)(H,27,29)/b26-16+. The van der Waals surface area contributed by atoms with Crippen LogP contribution in [0.4, 0.5) is 5.69 Å². The molecule has 7 heteroatoms. The van der Waals surface area contributed by atoms with Crippen LogP contribution < -0.4 is 20.2 Å². The fourth-order valence-corrected chi connectivity index (χ4v) is 3.67. The van der Waals surface area contributed by atoms with Gasteiger partial charge in [0.25, 0.3) is 5.91 Å². The molecule has 1 aliphatic rings. The number of benzene rings is 2. The van der Waals surface area contributed by atoms with Crippen LogP contribution >= 0.6 is 0 Å². The first-order chi connectivity index (χ1) is 15.0. The number of amides is 2. The molecule has 0 atom stereocenters. The summed E-state index contributed by atoms with van der Waals surface area (Å²) in [6.45, 7) is 1.79. The van der Waals surface area contributed by atoms with E-state index in [9.17, 15) is 9.59 Å². The van der Waals surface area contributed by atoms with Crippen LogP contribution in [0.15, 0.2) is 47.6 Å². The van der Waals surface area contributed by atoms with Gasteiger partial charge in [-0.15, -0.1) is 0 Å². The Kier molecular flexibility index (Phi) is 7.65. The molecule has 0 bridgehead atoms. The van der Waals surface area contributed by atoms with E-state index in [1.165, 1.54) is 6.42 Å². The van der Waals surface area contributed by atoms with E-state index in [0.29, 0.717) is 28.5 Å². The molecule has 2 N–H and O–H groups in total. The molecule has 0 unspecified atom stereocenters. The fraction of sp³-hybridized carbons (Fsp3) is 0.375. The molecular formula is C24H29N3O4. The van der Waals surface area contributed by atoms with Crippen LogP contribution in [0.25, 0.3) is 0 Å². The van der Waals surface area contributed by atoms with Crippen LogP contribution in [0.1, 0.15) is 54.9 Å². The minimum Gasteiger partial charge on any atom is -0.497 e. The van der Waals surface area contributed by atoms with Gasteiger partial charge in [0.05, 0.1) is 19.9 Å². The summed E-state index contributed by atoms with van der Waals surface area (Å²) in [6.07, 6.45) is 5.32. The molecule has 0 heterocycles. The molecule has 1 saturated carbocycles. The lowest BCUT2D eigenvalue weighted by Crippen LogP contribution is -2.24. The van der Waals surface area contributed by atoms with Crippen LogP contribution in [0.2, 0.25) is 0 Å². The topological polar surface area (TPSA) is 89.0 Å². The number of hydrazone groups is 1. The zero-order valence-electron chi connectivity index (χ0n) is 18.2. The maximum Gasteiger partial charge on any atom is 0.271 e. The van der Waals surface area contributed by atoms with Crippen molar-refractivity contribution in [3.8, 4) is 11.5 Å². The van der Waals surface area contributed by atoms with Crippen molar-refractivity contribution in [3.63, 3.8) is 0 Å². The van der Waals surface area contributed by atoms with Crippen molar-refractivity contribution in [3.05, 3.63) is 53.6 Å². The summed E-state index contributed by atoms with van der Waals surface area (Å²) in [7, 11) is 3.15. The molecule has 164 valence electrons. The van der Waals surface area contributed by atoms with Crippen LogP contribution in [-0.4, -0.2) is 31.7 Å². The average Bonchev–Trinajstić information content (AvgIpc) is 2.82. The second-order valence-electron chi connectivity index (χ2n) is 7.61. The molecule has 0 aromatic heterocycles. The van der Waals surface area contributed by atoms with E-state index >= 15 is 0 Å². The number of rotatable bonds is 7. The summed E-state index contributed by atoms with van der Waals surface area (Å²) in [5.74, 6) is 1.09. The molecule has 1 fully saturated rings. The van der Waals surface area contributed by atoms with E-state index in [4.69, 9.17) is 9.47 Å². The summed E-state index contributed by atoms with van der Waals surface area (Å²) in [6, 6.07) is 12.2. The molecule has 0 radical (unpaired) electrons. The lowest BCUT2D eigenvalue weighted by Gasteiger charge is -2.20. The highest BCUT2D eigenvalue weighted by molar-refractivity contribution is 6.03. The monoisotopic (exact) mass is 423 g/mol. The van der Waals surface area contributed by atoms with Crippen LogP contribution in [0.3, 0.4) is 0 Å². The van der Waals surface area contributed by atoms with Gasteiger partial charge in [0.15, 0.2) is 0 Å². The Morgan fingerprint density at radius 1 is 0.968 bits per heavy atom. The molecule has 3 rings (SSSR count). The van der Waals surface area contributed by atoms with Gasteiger partial charge in [-0.2, -0.15) is 5.10 Å². The van der Waals surface area contributed by atoms with E-state index in [-0.39, 0.29) is 17.7 Å². The van der Waals surface area contributed by atoms with Crippen molar-refractivity contribution in [2.75, 3.05) is 19.5 Å². The maximum atomic E-state index is 12.5. The zero-order valence-corrected chi connectivity index (χ0v) is 18.2. The molecule has 2 aromatic rings. The fourth-order valence-electron chi connectivity index (χ4n) is 3.67. The van der Waals surface area contributed by atoms with Crippen molar-refractivity contribution in [1.82, 2.24) is 5.43 Å². The first-order valence-corrected chi connectivity index (χ1v) is 10.5. The number of nitrogens with one attached hydrogen (secondary N) is 2. The Balaban J connectivity index is 1.61. The zero-order chi connectivity index (χ0) is 22.2. The van der Waals surface area contributed by atoms with E-state index < -0.39 is 0 Å². The van der Waals surface area contributed by atoms with Crippen molar-refractivity contribution < 1.29 is 19.1 Å². The Hall–Kier alpha value is -3.35. The van der Waals surface area contributed by atoms with Gasteiger partial charge in [-0.05, 0) is 56.2 Å². The van der Waals surface area contributed by atoms with E-state index in [0.717, 1.165) is 31.2 Å². The quantitative estimate of drug-likeness (QED) is 0.511. The van der Waals surface area contributed by atoms with Crippen LogP contribution in [0.5, 0.6) is 11.5 Å². The van der Waals surface area contributed by atoms with Crippen LogP contribution in [0, 0.1) is 5.92 Å². The Morgan fingerprint density at radius 3 is 2.32 bits per heavy atom. The molecule has 1 aliphatic carbocycles. The van der Waals surface area contributed by atoms with Gasteiger partial charge >= 0.3 is 0 Å². The van der Waals surface area contributed by atoms with E-state index in [2.05, 4.69) is 15.8 Å². The van der Waals surface area contributed by atoms with Gasteiger partial charge in [0.1, 0.15) is 11.5 Å². The third kappa shape index (κ3) is 5.84. The third-order valence-electron chi connectivity index (χ3n) is 5.51. The van der Waals surface area contributed by atoms with Gasteiger partial charge in [-0.1, -0.05) is 19.3 Å². The molecule has 31 heavy (non-hydrogen) atoms. The van der Waals surface area contributed by atoms with Crippen molar-refractivity contribution in [2.24, 2.45) is 11.0 Å². The lowest BCUT2D eigenvalue weighted by atomic mass is 9.88. The van der Waals surface area contributed by atoms with Gasteiger partial charge in [-0.25, -0.2) is 5.43 Å². The number of hydrogen-bond acceptors (Lipinski definition) is 5. The number of hydrogen-bond donors (Lipinski definition) is 2. The second kappa shape index (κ2) is 10.6. The number of carbonyl (C=O) groups excluding carboxylic acids is 2. The SMILES string of the molecule is COc1ccc(/C(C)=N/NC(=O)c2ccc(NC(=O)C3CCCCC3)cc2)c(OC)c1. The smallest absolute Gasteiger partial charge is 0.271 e. The number of ether oxygens (including phenoxy) is 2. The highest BCUT2D eigenvalue weighted by Gasteiger charge is 2.21. The number of nitrogens with zero attached hydrogens (tertiary/aromatic N) is 1. The Labute approximate surface area is 182 Å². The predicted molar refractivity (Wildman–Crippen MR) is 121 cm³/mol. The van der Waals surface area contributed by atoms with Crippen molar-refractivity contribution >= 4 is 23.2 Å². The normalized spacial score (nSPS) is 14.6. The number of carbonyl (C=O) groups is 2. The Bertz CT molecular complexity index is 948. The minimum absolute atomic E-state index is 0.0607. The molecule has 7 nitrogen and oxygen atoms in total. The van der Waals surface area contributed by atoms with Gasteiger partial charge in [0, 0.05) is 28.8 Å². The molecule has 0 aliphatic heterocycles. The van der Waals surface area contributed by atoms with Crippen molar-refractivity contribution in [2.45, 2.75) is 39.0 Å². The largest absolute Gasteiger partial charge is 0.497 e. The summed E-state index contributed by atoms with van der Waals surface area (Å²) in [5.41, 5.74) is 5.06. The molecule has 0 spiro atoms. The van der Waals surface area contributed by atoms with Gasteiger partial charge in [-0.3, -0.25) is 9.59 Å². The van der Waals surface area contributed by atoms with E-state index in [1.54, 1.807) is 57.5 Å². The summed E-state index contributed by atoms with van der Waals surface area (Å²) in [5, 5.41) is 7.14. The highest BCUT2D eigenvalue weighted by Crippen LogP contribution is 2.26. The minimum atomic E-state index is -0.336. The maximum absolute atomic E-state index is 12.5. The summed E-state index contributed by atoms with van der Waals surface area (Å²) < 4.78 is 10.6. The molecule has 2 aromatic carbocycles. The number of methoxy groups -OCH3 is 2. The summed E-state index contributed by atoms with van der Waals surface area (Å²) in [4.78, 5) is 24.8. The summed E-state index contributed by atoms with van der Waals surface area (Å²) >= 11 is 0. The van der Waals surface area contributed by atoms with E-state index in [1.807, 2.05) is 6.07 Å². The lowest BCUT2D eigenvalue weighted by molar-refractivity contribution is -0.120. The first-order valence-electron chi connectivity index (χ1n) is 10.5. The predicted octanol–water partition coefficient (Wildman–Crippen LogP) is 4.38. The van der Waals surface area contributed by atoms with Gasteiger partial charge in [0.2, 0.25) is 5.91 Å². The van der Waals surface area contributed by atoms with Gasteiger partial charge < -0.3 is 14.8 Å². The molecule has 0 saturated heterocycles. The third-order valence-corrected chi connectivity index (χ3v) is 5.51. The number of anilines is 1. The highest BCUT2D eigenvalue weighted by atomic mass is 16.5. The average molecular weight is 424 g/mol. The molecule has 2 amide bonds. The second-order valence-corrected chi connectivity index (χ2v) is 7.61.